The van der Waals surface area contributed by atoms with Crippen LogP contribution in [0.15, 0.2) is 12.2 Å². The van der Waals surface area contributed by atoms with Gasteiger partial charge in [-0.2, -0.15) is 0 Å². The average molecular weight is 281 g/mol. The van der Waals surface area contributed by atoms with Gasteiger partial charge in [0.05, 0.1) is 11.8 Å². The van der Waals surface area contributed by atoms with Crippen LogP contribution in [-0.4, -0.2) is 30.2 Å². The number of carbonyl (C=O) groups excluding carboxylic acids is 3. The molecule has 20 heavy (non-hydrogen) atoms. The topological polar surface area (TPSA) is 81.7 Å². The van der Waals surface area contributed by atoms with Crippen LogP contribution in [0.4, 0.5) is 4.79 Å². The molecule has 0 unspecified atom stereocenters. The lowest BCUT2D eigenvalue weighted by molar-refractivity contribution is -0.154. The molecule has 0 radical (unpaired) electrons. The number of cyclic esters (lactones) is 2. The number of fused-ring (bicyclic) bond motifs is 1. The van der Waals surface area contributed by atoms with E-state index in [4.69, 9.17) is 4.74 Å². The van der Waals surface area contributed by atoms with Gasteiger partial charge in [-0.1, -0.05) is 12.2 Å². The number of nitrogens with one attached hydrogen (secondary N) is 1. The normalized spacial score (nSPS) is 28.9. The first-order valence-corrected chi connectivity index (χ1v) is 6.67. The van der Waals surface area contributed by atoms with Gasteiger partial charge < -0.3 is 14.8 Å². The summed E-state index contributed by atoms with van der Waals surface area (Å²) in [6, 6.07) is 0. The number of allylic oxidation sites excluding steroid dienone is 1. The summed E-state index contributed by atoms with van der Waals surface area (Å²) < 4.78 is 9.79. The van der Waals surface area contributed by atoms with Gasteiger partial charge in [-0.05, 0) is 27.2 Å². The lowest BCUT2D eigenvalue weighted by Crippen LogP contribution is -2.39. The molecule has 0 aromatic heterocycles. The van der Waals surface area contributed by atoms with Crippen molar-refractivity contribution >= 4 is 18.0 Å². The van der Waals surface area contributed by atoms with Crippen LogP contribution in [0.1, 0.15) is 27.2 Å². The highest BCUT2D eigenvalue weighted by Crippen LogP contribution is 2.36. The van der Waals surface area contributed by atoms with Crippen LogP contribution in [0.3, 0.4) is 0 Å². The zero-order chi connectivity index (χ0) is 14.9. The van der Waals surface area contributed by atoms with E-state index in [1.54, 1.807) is 20.8 Å². The van der Waals surface area contributed by atoms with Gasteiger partial charge in [0.1, 0.15) is 5.60 Å². The predicted octanol–water partition coefficient (Wildman–Crippen LogP) is 1.40. The summed E-state index contributed by atoms with van der Waals surface area (Å²) >= 11 is 0. The number of hydrogen-bond acceptors (Lipinski definition) is 5. The van der Waals surface area contributed by atoms with Gasteiger partial charge in [0.15, 0.2) is 0 Å². The van der Waals surface area contributed by atoms with Crippen molar-refractivity contribution in [2.45, 2.75) is 32.8 Å². The van der Waals surface area contributed by atoms with Crippen LogP contribution in [0.2, 0.25) is 0 Å². The van der Waals surface area contributed by atoms with Gasteiger partial charge in [-0.25, -0.2) is 4.79 Å². The molecule has 1 aliphatic heterocycles. The molecule has 2 aliphatic rings. The summed E-state index contributed by atoms with van der Waals surface area (Å²) in [5.74, 6) is -2.12. The second-order valence-corrected chi connectivity index (χ2v) is 6.08. The molecule has 0 aromatic carbocycles. The Hall–Kier alpha value is -1.85. The van der Waals surface area contributed by atoms with Crippen LogP contribution in [0.25, 0.3) is 0 Å². The van der Waals surface area contributed by atoms with E-state index in [1.807, 2.05) is 12.2 Å². The van der Waals surface area contributed by atoms with E-state index >= 15 is 0 Å². The molecule has 0 saturated carbocycles. The highest BCUT2D eigenvalue weighted by atomic mass is 16.6. The third-order valence-electron chi connectivity index (χ3n) is 3.33. The minimum atomic E-state index is -0.572. The monoisotopic (exact) mass is 281 g/mol. The Bertz CT molecular complexity index is 463. The third-order valence-corrected chi connectivity index (χ3v) is 3.33. The van der Waals surface area contributed by atoms with Gasteiger partial charge >= 0.3 is 18.0 Å². The van der Waals surface area contributed by atoms with Crippen molar-refractivity contribution in [3.05, 3.63) is 12.2 Å². The number of hydrogen-bond donors (Lipinski definition) is 1. The van der Waals surface area contributed by atoms with E-state index in [0.29, 0.717) is 6.42 Å². The third kappa shape index (κ3) is 3.18. The molecule has 2 rings (SSSR count). The fourth-order valence-electron chi connectivity index (χ4n) is 2.50. The summed E-state index contributed by atoms with van der Waals surface area (Å²) in [6.45, 7) is 5.57. The lowest BCUT2D eigenvalue weighted by Gasteiger charge is -2.26. The molecule has 1 heterocycles. The average Bonchev–Trinajstić information content (AvgIpc) is 2.61. The maximum absolute atomic E-state index is 11.7. The molecule has 110 valence electrons. The van der Waals surface area contributed by atoms with Crippen LogP contribution >= 0.6 is 0 Å². The molecule has 1 saturated heterocycles. The Balaban J connectivity index is 1.94. The van der Waals surface area contributed by atoms with Crippen LogP contribution in [0, 0.1) is 17.8 Å². The van der Waals surface area contributed by atoms with E-state index in [1.165, 1.54) is 0 Å². The SMILES string of the molecule is CC(C)(C)OC(=O)NC[C@@H]1C=CC[C@@H]2C(=O)OC(=O)[C@@H]21. The second-order valence-electron chi connectivity index (χ2n) is 6.08. The molecule has 1 fully saturated rings. The van der Waals surface area contributed by atoms with E-state index in [0.717, 1.165) is 0 Å². The number of rotatable bonds is 2. The first kappa shape index (κ1) is 14.6. The minimum Gasteiger partial charge on any atom is -0.444 e. The van der Waals surface area contributed by atoms with Crippen LogP contribution < -0.4 is 5.32 Å². The van der Waals surface area contributed by atoms with Gasteiger partial charge in [0.2, 0.25) is 0 Å². The van der Waals surface area contributed by atoms with Crippen molar-refractivity contribution in [1.29, 1.82) is 0 Å². The predicted molar refractivity (Wildman–Crippen MR) is 69.6 cm³/mol. The number of esters is 2. The van der Waals surface area contributed by atoms with Crippen molar-refractivity contribution in [3.8, 4) is 0 Å². The van der Waals surface area contributed by atoms with Crippen molar-refractivity contribution in [2.24, 2.45) is 17.8 Å². The number of ether oxygens (including phenoxy) is 2. The Kier molecular flexibility index (Phi) is 3.83. The quantitative estimate of drug-likeness (QED) is 0.470. The molecule has 0 bridgehead atoms. The molecular formula is C14H19NO5. The van der Waals surface area contributed by atoms with Crippen LogP contribution in [-0.2, 0) is 19.1 Å². The molecular weight excluding hydrogens is 262 g/mol. The molecule has 0 spiro atoms. The molecule has 3 atom stereocenters. The Morgan fingerprint density at radius 2 is 2.10 bits per heavy atom. The van der Waals surface area contributed by atoms with Gasteiger partial charge in [-0.15, -0.1) is 0 Å². The number of carbonyl (C=O) groups is 3. The molecule has 1 aliphatic carbocycles. The Labute approximate surface area is 117 Å². The maximum Gasteiger partial charge on any atom is 0.407 e. The zero-order valence-electron chi connectivity index (χ0n) is 11.8. The van der Waals surface area contributed by atoms with E-state index in [2.05, 4.69) is 10.1 Å². The van der Waals surface area contributed by atoms with Crippen molar-refractivity contribution in [1.82, 2.24) is 5.32 Å². The summed E-state index contributed by atoms with van der Waals surface area (Å²) in [5.41, 5.74) is -0.572. The Morgan fingerprint density at radius 1 is 1.40 bits per heavy atom. The van der Waals surface area contributed by atoms with E-state index in [-0.39, 0.29) is 12.5 Å². The summed E-state index contributed by atoms with van der Waals surface area (Å²) in [7, 11) is 0. The van der Waals surface area contributed by atoms with Crippen molar-refractivity contribution < 1.29 is 23.9 Å². The highest BCUT2D eigenvalue weighted by Gasteiger charge is 2.48. The number of alkyl carbamates (subject to hydrolysis) is 1. The van der Waals surface area contributed by atoms with Crippen LogP contribution in [0.5, 0.6) is 0 Å². The molecule has 0 aromatic rings. The Morgan fingerprint density at radius 3 is 2.75 bits per heavy atom. The number of amides is 1. The van der Waals surface area contributed by atoms with Gasteiger partial charge in [-0.3, -0.25) is 9.59 Å². The summed E-state index contributed by atoms with van der Waals surface area (Å²) in [6.07, 6.45) is 3.67. The smallest absolute Gasteiger partial charge is 0.407 e. The largest absolute Gasteiger partial charge is 0.444 e. The zero-order valence-corrected chi connectivity index (χ0v) is 11.8. The fraction of sp³-hybridized carbons (Fsp3) is 0.643. The van der Waals surface area contributed by atoms with E-state index in [9.17, 15) is 14.4 Å². The first-order chi connectivity index (χ1) is 9.28. The van der Waals surface area contributed by atoms with E-state index < -0.39 is 35.5 Å². The van der Waals surface area contributed by atoms with Gasteiger partial charge in [0.25, 0.3) is 0 Å². The van der Waals surface area contributed by atoms with Crippen molar-refractivity contribution in [2.75, 3.05) is 6.54 Å². The molecule has 1 amide bonds. The second kappa shape index (κ2) is 5.26. The standard InChI is InChI=1S/C14H19NO5/c1-14(2,3)20-13(18)15-7-8-5-4-6-9-10(8)12(17)19-11(9)16/h4-5,8-10H,6-7H2,1-3H3,(H,15,18)/t8-,9-,10+/m0/s1. The summed E-state index contributed by atoms with van der Waals surface area (Å²) in [4.78, 5) is 34.8. The molecule has 6 nitrogen and oxygen atoms in total. The molecule has 6 heteroatoms. The highest BCUT2D eigenvalue weighted by molar-refractivity contribution is 5.97. The van der Waals surface area contributed by atoms with Crippen molar-refractivity contribution in [3.63, 3.8) is 0 Å². The maximum atomic E-state index is 11.7. The molecule has 1 N–H and O–H groups in total. The van der Waals surface area contributed by atoms with Gasteiger partial charge in [0, 0.05) is 12.5 Å². The minimum absolute atomic E-state index is 0.236. The first-order valence-electron chi connectivity index (χ1n) is 6.67. The fourth-order valence-corrected chi connectivity index (χ4v) is 2.50. The lowest BCUT2D eigenvalue weighted by atomic mass is 9.77. The summed E-state index contributed by atoms with van der Waals surface area (Å²) in [5, 5.41) is 2.63.